The topological polar surface area (TPSA) is 132 Å². The highest BCUT2D eigenvalue weighted by Gasteiger charge is 2.46. The van der Waals surface area contributed by atoms with Crippen LogP contribution in [0.4, 0.5) is 5.82 Å². The van der Waals surface area contributed by atoms with Gasteiger partial charge in [0, 0.05) is 48.4 Å². The molecule has 2 aliphatic heterocycles. The van der Waals surface area contributed by atoms with Crippen molar-refractivity contribution in [2.45, 2.75) is 104 Å². The molecule has 4 aromatic rings. The molecule has 2 atom stereocenters. The van der Waals surface area contributed by atoms with Crippen molar-refractivity contribution < 1.29 is 19.1 Å². The largest absolute Gasteiger partial charge is 0.493 e. The number of nitrogens with zero attached hydrogens (tertiary/aromatic N) is 6. The number of benzene rings is 1. The Balaban J connectivity index is 1.38. The molecule has 264 valence electrons. The zero-order valence-corrected chi connectivity index (χ0v) is 31.0. The summed E-state index contributed by atoms with van der Waals surface area (Å²) < 4.78 is 8.61. The van der Waals surface area contributed by atoms with Crippen molar-refractivity contribution in [2.75, 3.05) is 18.5 Å². The van der Waals surface area contributed by atoms with Crippen LogP contribution >= 0.6 is 15.9 Å². The van der Waals surface area contributed by atoms with Crippen molar-refractivity contribution in [3.8, 4) is 16.9 Å². The first-order chi connectivity index (χ1) is 24.0. The minimum absolute atomic E-state index is 0.135. The van der Waals surface area contributed by atoms with Crippen molar-refractivity contribution >= 4 is 50.2 Å². The number of carbonyl (C=O) groups is 3. The second-order valence-corrected chi connectivity index (χ2v) is 15.0. The van der Waals surface area contributed by atoms with Gasteiger partial charge in [-0.25, -0.2) is 15.0 Å². The van der Waals surface area contributed by atoms with E-state index in [0.717, 1.165) is 55.2 Å². The lowest BCUT2D eigenvalue weighted by Gasteiger charge is -2.25. The van der Waals surface area contributed by atoms with E-state index >= 15 is 0 Å². The van der Waals surface area contributed by atoms with Gasteiger partial charge in [-0.1, -0.05) is 57.9 Å². The molecule has 0 saturated carbocycles. The summed E-state index contributed by atoms with van der Waals surface area (Å²) in [6.07, 6.45) is 13.9. The minimum atomic E-state index is -0.678. The van der Waals surface area contributed by atoms with Crippen LogP contribution in [0.3, 0.4) is 0 Å². The number of ketones is 1. The molecule has 0 unspecified atom stereocenters. The summed E-state index contributed by atoms with van der Waals surface area (Å²) in [5.41, 5.74) is 3.02. The number of hydrogen-bond acceptors (Lipinski definition) is 8. The Hall–Kier alpha value is -4.19. The maximum absolute atomic E-state index is 14.3. The number of carbonyl (C=O) groups excluding carboxylic acids is 3. The lowest BCUT2D eigenvalue weighted by Crippen LogP contribution is -2.44. The molecule has 3 aromatic heterocycles. The van der Waals surface area contributed by atoms with E-state index in [4.69, 9.17) is 4.74 Å². The Kier molecular flexibility index (Phi) is 11.0. The van der Waals surface area contributed by atoms with Gasteiger partial charge >= 0.3 is 0 Å². The fourth-order valence-corrected chi connectivity index (χ4v) is 7.55. The molecule has 1 aromatic carbocycles. The smallest absolute Gasteiger partial charge is 0.248 e. The third-order valence-electron chi connectivity index (χ3n) is 10.0. The summed E-state index contributed by atoms with van der Waals surface area (Å²) in [6, 6.07) is 6.81. The summed E-state index contributed by atoms with van der Waals surface area (Å²) in [5.74, 6) is 1.03. The van der Waals surface area contributed by atoms with Gasteiger partial charge in [0.1, 0.15) is 40.3 Å². The number of pyridine rings is 1. The lowest BCUT2D eigenvalue weighted by atomic mass is 9.82. The second-order valence-electron chi connectivity index (χ2n) is 14.2. The van der Waals surface area contributed by atoms with E-state index in [2.05, 4.69) is 48.2 Å². The standard InChI is InChI=1S/C38H46BrN7O4/c1-24-13-14-33(39)42-36(24)43-37(49)31-19-38(4)15-11-9-7-5-6-8-10-12-16-50-32-18-30-29(17-28(32)27-20-40-26(3)41-21-27)35(25(2)47)44-46(30)22-34(48)45(31)23-38/h13-14,17-18,20-21,31H,5-12,15-16,19,22-23H2,1-4H3,(H,42,43,49)/t31-,38+/m0/s1. The van der Waals surface area contributed by atoms with E-state index in [9.17, 15) is 14.4 Å². The van der Waals surface area contributed by atoms with E-state index in [1.54, 1.807) is 22.0 Å². The molecule has 2 aliphatic rings. The van der Waals surface area contributed by atoms with Crippen LogP contribution in [0.2, 0.25) is 0 Å². The van der Waals surface area contributed by atoms with Crippen LogP contribution in [0.25, 0.3) is 22.0 Å². The molecular formula is C38H46BrN7O4. The molecule has 2 amide bonds. The number of aromatic nitrogens is 5. The Bertz CT molecular complexity index is 1890. The third-order valence-corrected chi connectivity index (χ3v) is 10.5. The molecule has 0 aliphatic carbocycles. The van der Waals surface area contributed by atoms with Crippen LogP contribution in [0.15, 0.2) is 41.3 Å². The van der Waals surface area contributed by atoms with E-state index in [-0.39, 0.29) is 35.3 Å². The van der Waals surface area contributed by atoms with Gasteiger partial charge in [-0.2, -0.15) is 5.10 Å². The zero-order valence-electron chi connectivity index (χ0n) is 29.4. The summed E-state index contributed by atoms with van der Waals surface area (Å²) in [5, 5.41) is 8.30. The number of halogens is 1. The predicted octanol–water partition coefficient (Wildman–Crippen LogP) is 7.62. The SMILES string of the molecule is CC(=O)c1nn2c3cc(c(-c4cnc(C)nc4)cc13)OCCCCCCCCCC[C@]1(C)C[C@@H](C(=O)Nc3nc(Br)ccc3C)N(C1)C(=O)C2. The fourth-order valence-electron chi connectivity index (χ4n) is 7.25. The maximum atomic E-state index is 14.3. The van der Waals surface area contributed by atoms with Gasteiger partial charge in [0.2, 0.25) is 11.8 Å². The van der Waals surface area contributed by atoms with Crippen molar-refractivity contribution in [1.29, 1.82) is 0 Å². The van der Waals surface area contributed by atoms with Crippen molar-refractivity contribution in [1.82, 2.24) is 29.6 Å². The molecule has 0 radical (unpaired) electrons. The van der Waals surface area contributed by atoms with Crippen molar-refractivity contribution in [3.05, 3.63) is 58.3 Å². The first-order valence-electron chi connectivity index (χ1n) is 17.7. The molecule has 1 fully saturated rings. The highest BCUT2D eigenvalue weighted by Crippen LogP contribution is 2.41. The van der Waals surface area contributed by atoms with E-state index in [1.165, 1.54) is 26.2 Å². The van der Waals surface area contributed by atoms with Gasteiger partial charge in [-0.15, -0.1) is 0 Å². The van der Waals surface area contributed by atoms with Crippen LogP contribution in [0.1, 0.15) is 99.9 Å². The zero-order chi connectivity index (χ0) is 35.4. The number of hydrogen-bond donors (Lipinski definition) is 1. The molecular weight excluding hydrogens is 698 g/mol. The molecule has 4 bridgehead atoms. The normalized spacial score (nSPS) is 20.9. The lowest BCUT2D eigenvalue weighted by molar-refractivity contribution is -0.137. The number of rotatable bonds is 4. The van der Waals surface area contributed by atoms with Crippen LogP contribution in [-0.4, -0.2) is 66.4 Å². The molecule has 0 spiro atoms. The quantitative estimate of drug-likeness (QED) is 0.167. The Morgan fingerprint density at radius 3 is 2.42 bits per heavy atom. The van der Waals surface area contributed by atoms with Gasteiger partial charge in [-0.05, 0) is 72.2 Å². The number of amides is 2. The Morgan fingerprint density at radius 1 is 1.00 bits per heavy atom. The second kappa shape index (κ2) is 15.4. The summed E-state index contributed by atoms with van der Waals surface area (Å²) >= 11 is 3.41. The predicted molar refractivity (Wildman–Crippen MR) is 196 cm³/mol. The first-order valence-corrected chi connectivity index (χ1v) is 18.5. The van der Waals surface area contributed by atoms with Gasteiger partial charge in [0.15, 0.2) is 5.78 Å². The van der Waals surface area contributed by atoms with Crippen molar-refractivity contribution in [3.63, 3.8) is 0 Å². The molecule has 1 N–H and O–H groups in total. The van der Waals surface area contributed by atoms with Crippen LogP contribution in [-0.2, 0) is 16.1 Å². The van der Waals surface area contributed by atoms with Crippen LogP contribution < -0.4 is 10.1 Å². The highest BCUT2D eigenvalue weighted by atomic mass is 79.9. The van der Waals surface area contributed by atoms with E-state index in [1.807, 2.05) is 38.1 Å². The number of aryl methyl sites for hydroxylation is 2. The average Bonchev–Trinajstić information content (AvgIpc) is 3.62. The van der Waals surface area contributed by atoms with E-state index < -0.39 is 6.04 Å². The Morgan fingerprint density at radius 2 is 1.70 bits per heavy atom. The minimum Gasteiger partial charge on any atom is -0.493 e. The van der Waals surface area contributed by atoms with Gasteiger partial charge < -0.3 is 15.0 Å². The first kappa shape index (κ1) is 35.6. The van der Waals surface area contributed by atoms with Gasteiger partial charge in [0.05, 0.1) is 12.1 Å². The monoisotopic (exact) mass is 743 g/mol. The highest BCUT2D eigenvalue weighted by molar-refractivity contribution is 9.10. The molecule has 12 heteroatoms. The molecule has 11 nitrogen and oxygen atoms in total. The Labute approximate surface area is 301 Å². The number of fused-ring (bicyclic) bond motifs is 3. The van der Waals surface area contributed by atoms with Gasteiger partial charge in [0.25, 0.3) is 0 Å². The van der Waals surface area contributed by atoms with Crippen LogP contribution in [0.5, 0.6) is 5.75 Å². The number of anilines is 1. The summed E-state index contributed by atoms with van der Waals surface area (Å²) in [4.78, 5) is 56.2. The van der Waals surface area contributed by atoms with Crippen molar-refractivity contribution in [2.24, 2.45) is 5.41 Å². The summed E-state index contributed by atoms with van der Waals surface area (Å²) in [6.45, 7) is 8.24. The molecule has 6 rings (SSSR count). The number of nitrogens with one attached hydrogen (secondary N) is 1. The van der Waals surface area contributed by atoms with Gasteiger partial charge in [-0.3, -0.25) is 19.1 Å². The third kappa shape index (κ3) is 8.06. The molecule has 1 saturated heterocycles. The summed E-state index contributed by atoms with van der Waals surface area (Å²) in [7, 11) is 0. The number of Topliss-reactive ketones (excluding diaryl/α,β-unsaturated/α-hetero) is 1. The fraction of sp³-hybridized carbons (Fsp3) is 0.500. The average molecular weight is 745 g/mol. The van der Waals surface area contributed by atoms with Crippen LogP contribution in [0, 0.1) is 19.3 Å². The molecule has 50 heavy (non-hydrogen) atoms. The number of ether oxygens (including phenoxy) is 1. The van der Waals surface area contributed by atoms with E-state index in [0.29, 0.717) is 52.5 Å². The maximum Gasteiger partial charge on any atom is 0.248 e. The molecule has 5 heterocycles.